The minimum absolute atomic E-state index is 0.352. The van der Waals surface area contributed by atoms with Crippen LogP contribution in [0.25, 0.3) is 0 Å². The maximum atomic E-state index is 13.0. The zero-order valence-corrected chi connectivity index (χ0v) is 12.4. The normalized spacial score (nSPS) is 20.0. The van der Waals surface area contributed by atoms with Crippen LogP contribution in [0.3, 0.4) is 0 Å². The van der Waals surface area contributed by atoms with E-state index in [4.69, 9.17) is 0 Å². The average Bonchev–Trinajstić information content (AvgIpc) is 2.47. The maximum absolute atomic E-state index is 13.0. The highest BCUT2D eigenvalue weighted by atomic mass is 19.4. The number of halogens is 3. The first-order valence-corrected chi connectivity index (χ1v) is 7.61. The van der Waals surface area contributed by atoms with Crippen LogP contribution in [-0.2, 0) is 12.7 Å². The lowest BCUT2D eigenvalue weighted by Gasteiger charge is -2.30. The number of piperidine rings is 1. The molecule has 0 aromatic heterocycles. The van der Waals surface area contributed by atoms with Gasteiger partial charge in [0, 0.05) is 19.1 Å². The number of benzene rings is 1. The summed E-state index contributed by atoms with van der Waals surface area (Å²) in [7, 11) is 0. The van der Waals surface area contributed by atoms with Gasteiger partial charge < -0.3 is 5.32 Å². The molecule has 0 saturated carbocycles. The highest BCUT2D eigenvalue weighted by Gasteiger charge is 2.33. The smallest absolute Gasteiger partial charge is 0.313 e. The van der Waals surface area contributed by atoms with Crippen molar-refractivity contribution in [3.63, 3.8) is 0 Å². The molecule has 0 radical (unpaired) electrons. The molecule has 0 spiro atoms. The average molecular weight is 300 g/mol. The standard InChI is InChI=1S/C16H23F3N2/c1-2-21(12-14-8-5-6-10-20-14)11-13-7-3-4-9-15(13)16(17,18)19/h3-4,7,9,14,20H,2,5-6,8,10-12H2,1H3. The fourth-order valence-electron chi connectivity index (χ4n) is 2.87. The van der Waals surface area contributed by atoms with Crippen LogP contribution in [0.1, 0.15) is 37.3 Å². The molecule has 1 aliphatic heterocycles. The summed E-state index contributed by atoms with van der Waals surface area (Å²) >= 11 is 0. The van der Waals surface area contributed by atoms with Crippen molar-refractivity contribution in [2.24, 2.45) is 0 Å². The van der Waals surface area contributed by atoms with E-state index >= 15 is 0 Å². The minimum atomic E-state index is -4.28. The first kappa shape index (κ1) is 16.3. The molecule has 5 heteroatoms. The number of alkyl halides is 3. The summed E-state index contributed by atoms with van der Waals surface area (Å²) in [5.74, 6) is 0. The van der Waals surface area contributed by atoms with E-state index in [0.29, 0.717) is 18.2 Å². The van der Waals surface area contributed by atoms with Gasteiger partial charge >= 0.3 is 6.18 Å². The van der Waals surface area contributed by atoms with Crippen molar-refractivity contribution in [1.29, 1.82) is 0 Å². The van der Waals surface area contributed by atoms with Gasteiger partial charge in [-0.15, -0.1) is 0 Å². The van der Waals surface area contributed by atoms with Gasteiger partial charge in [0.05, 0.1) is 5.56 Å². The highest BCUT2D eigenvalue weighted by molar-refractivity contribution is 5.29. The Morgan fingerprint density at radius 2 is 2.00 bits per heavy atom. The lowest BCUT2D eigenvalue weighted by atomic mass is 10.0. The molecule has 1 atom stereocenters. The van der Waals surface area contributed by atoms with Gasteiger partial charge in [-0.1, -0.05) is 31.5 Å². The second-order valence-electron chi connectivity index (χ2n) is 5.63. The van der Waals surface area contributed by atoms with Gasteiger partial charge in [-0.05, 0) is 37.6 Å². The van der Waals surface area contributed by atoms with Crippen molar-refractivity contribution >= 4 is 0 Å². The predicted octanol–water partition coefficient (Wildman–Crippen LogP) is 3.67. The third-order valence-corrected chi connectivity index (χ3v) is 4.05. The fraction of sp³-hybridized carbons (Fsp3) is 0.625. The van der Waals surface area contributed by atoms with Gasteiger partial charge in [-0.2, -0.15) is 13.2 Å². The van der Waals surface area contributed by atoms with E-state index in [1.165, 1.54) is 25.0 Å². The van der Waals surface area contributed by atoms with Gasteiger partial charge in [0.25, 0.3) is 0 Å². The molecule has 0 aliphatic carbocycles. The molecule has 118 valence electrons. The van der Waals surface area contributed by atoms with Crippen molar-refractivity contribution in [2.75, 3.05) is 19.6 Å². The summed E-state index contributed by atoms with van der Waals surface area (Å²) in [6.07, 6.45) is -0.773. The van der Waals surface area contributed by atoms with Crippen molar-refractivity contribution < 1.29 is 13.2 Å². The number of rotatable bonds is 5. The molecular formula is C16H23F3N2. The highest BCUT2D eigenvalue weighted by Crippen LogP contribution is 2.32. The Bertz CT molecular complexity index is 439. The lowest BCUT2D eigenvalue weighted by molar-refractivity contribution is -0.138. The first-order chi connectivity index (χ1) is 10.0. The van der Waals surface area contributed by atoms with Crippen molar-refractivity contribution in [2.45, 2.75) is 44.9 Å². The molecule has 1 unspecified atom stereocenters. The number of hydrogen-bond acceptors (Lipinski definition) is 2. The van der Waals surface area contributed by atoms with Crippen LogP contribution in [0.5, 0.6) is 0 Å². The number of nitrogens with zero attached hydrogens (tertiary/aromatic N) is 1. The molecule has 1 fully saturated rings. The second-order valence-corrected chi connectivity index (χ2v) is 5.63. The van der Waals surface area contributed by atoms with Crippen molar-refractivity contribution in [3.8, 4) is 0 Å². The Hall–Kier alpha value is -1.07. The molecule has 2 nitrogen and oxygen atoms in total. The summed E-state index contributed by atoms with van der Waals surface area (Å²) in [5.41, 5.74) is -0.150. The molecular weight excluding hydrogens is 277 g/mol. The first-order valence-electron chi connectivity index (χ1n) is 7.61. The monoisotopic (exact) mass is 300 g/mol. The third kappa shape index (κ3) is 4.71. The van der Waals surface area contributed by atoms with Crippen LogP contribution in [0.2, 0.25) is 0 Å². The number of likely N-dealkylation sites (N-methyl/N-ethyl adjacent to an activating group) is 1. The molecule has 1 heterocycles. The van der Waals surface area contributed by atoms with E-state index in [0.717, 1.165) is 26.1 Å². The summed E-state index contributed by atoms with van der Waals surface area (Å²) < 4.78 is 39.1. The molecule has 1 N–H and O–H groups in total. The number of hydrogen-bond donors (Lipinski definition) is 1. The van der Waals surface area contributed by atoms with Gasteiger partial charge in [0.2, 0.25) is 0 Å². The largest absolute Gasteiger partial charge is 0.416 e. The van der Waals surface area contributed by atoms with Crippen LogP contribution >= 0.6 is 0 Å². The molecule has 0 amide bonds. The topological polar surface area (TPSA) is 15.3 Å². The van der Waals surface area contributed by atoms with E-state index in [1.807, 2.05) is 6.92 Å². The second kappa shape index (κ2) is 7.27. The van der Waals surface area contributed by atoms with E-state index in [1.54, 1.807) is 12.1 Å². The van der Waals surface area contributed by atoms with E-state index in [9.17, 15) is 13.2 Å². The van der Waals surface area contributed by atoms with Crippen LogP contribution in [0, 0.1) is 0 Å². The van der Waals surface area contributed by atoms with Crippen LogP contribution in [-0.4, -0.2) is 30.6 Å². The third-order valence-electron chi connectivity index (χ3n) is 4.05. The minimum Gasteiger partial charge on any atom is -0.313 e. The summed E-state index contributed by atoms with van der Waals surface area (Å²) in [4.78, 5) is 2.09. The summed E-state index contributed by atoms with van der Waals surface area (Å²) in [6.45, 7) is 4.93. The zero-order valence-electron chi connectivity index (χ0n) is 12.4. The fourth-order valence-corrected chi connectivity index (χ4v) is 2.87. The molecule has 1 aromatic rings. The van der Waals surface area contributed by atoms with E-state index in [-0.39, 0.29) is 0 Å². The van der Waals surface area contributed by atoms with Crippen LogP contribution in [0.15, 0.2) is 24.3 Å². The quantitative estimate of drug-likeness (QED) is 0.892. The molecule has 21 heavy (non-hydrogen) atoms. The Balaban J connectivity index is 2.04. The Kier molecular flexibility index (Phi) is 5.65. The van der Waals surface area contributed by atoms with Gasteiger partial charge in [-0.3, -0.25) is 4.90 Å². The Labute approximate surface area is 124 Å². The zero-order chi connectivity index (χ0) is 15.3. The van der Waals surface area contributed by atoms with Gasteiger partial charge in [0.15, 0.2) is 0 Å². The van der Waals surface area contributed by atoms with Crippen LogP contribution < -0.4 is 5.32 Å². The van der Waals surface area contributed by atoms with Gasteiger partial charge in [0.1, 0.15) is 0 Å². The molecule has 1 aliphatic rings. The molecule has 1 saturated heterocycles. The van der Waals surface area contributed by atoms with E-state index < -0.39 is 11.7 Å². The maximum Gasteiger partial charge on any atom is 0.416 e. The van der Waals surface area contributed by atoms with Crippen molar-refractivity contribution in [1.82, 2.24) is 10.2 Å². The predicted molar refractivity (Wildman–Crippen MR) is 78.0 cm³/mol. The Morgan fingerprint density at radius 3 is 2.62 bits per heavy atom. The van der Waals surface area contributed by atoms with Crippen LogP contribution in [0.4, 0.5) is 13.2 Å². The Morgan fingerprint density at radius 1 is 1.24 bits per heavy atom. The lowest BCUT2D eigenvalue weighted by Crippen LogP contribution is -2.43. The van der Waals surface area contributed by atoms with E-state index in [2.05, 4.69) is 10.2 Å². The SMILES string of the molecule is CCN(Cc1ccccc1C(F)(F)F)CC1CCCCN1. The molecule has 1 aromatic carbocycles. The van der Waals surface area contributed by atoms with Gasteiger partial charge in [-0.25, -0.2) is 0 Å². The molecule has 2 rings (SSSR count). The molecule has 0 bridgehead atoms. The van der Waals surface area contributed by atoms with Crippen molar-refractivity contribution in [3.05, 3.63) is 35.4 Å². The summed E-state index contributed by atoms with van der Waals surface area (Å²) in [5, 5.41) is 3.45. The summed E-state index contributed by atoms with van der Waals surface area (Å²) in [6, 6.07) is 6.28. The number of nitrogens with one attached hydrogen (secondary N) is 1.